The summed E-state index contributed by atoms with van der Waals surface area (Å²) >= 11 is 0. The van der Waals surface area contributed by atoms with Crippen molar-refractivity contribution < 1.29 is 17.7 Å². The third-order valence-electron chi connectivity index (χ3n) is 3.43. The zero-order valence-corrected chi connectivity index (χ0v) is 10.3. The smallest absolute Gasteiger partial charge is 0.338 e. The summed E-state index contributed by atoms with van der Waals surface area (Å²) in [7, 11) is 0. The van der Waals surface area contributed by atoms with Gasteiger partial charge in [-0.05, 0) is 25.1 Å². The maximum Gasteiger partial charge on any atom is 0.404 e. The fourth-order valence-corrected chi connectivity index (χ4v) is 2.25. The second kappa shape index (κ2) is 4.55. The quantitative estimate of drug-likeness (QED) is 0.912. The van der Waals surface area contributed by atoms with E-state index < -0.39 is 17.5 Å². The maximum absolute atomic E-state index is 13.3. The van der Waals surface area contributed by atoms with Gasteiger partial charge in [-0.2, -0.15) is 18.2 Å². The highest BCUT2D eigenvalue weighted by atomic mass is 19.4. The summed E-state index contributed by atoms with van der Waals surface area (Å²) in [4.78, 5) is 7.89. The zero-order valence-electron chi connectivity index (χ0n) is 10.3. The summed E-state index contributed by atoms with van der Waals surface area (Å²) in [5, 5.41) is 6.32. The van der Waals surface area contributed by atoms with E-state index in [-0.39, 0.29) is 25.3 Å². The van der Waals surface area contributed by atoms with Crippen molar-refractivity contribution >= 4 is 0 Å². The van der Waals surface area contributed by atoms with Crippen LogP contribution in [0.5, 0.6) is 0 Å². The Balaban J connectivity index is 2.01. The zero-order chi connectivity index (χ0) is 14.2. The van der Waals surface area contributed by atoms with Crippen molar-refractivity contribution in [2.24, 2.45) is 0 Å². The van der Waals surface area contributed by atoms with Crippen molar-refractivity contribution in [3.63, 3.8) is 0 Å². The summed E-state index contributed by atoms with van der Waals surface area (Å²) < 4.78 is 44.9. The van der Waals surface area contributed by atoms with Gasteiger partial charge >= 0.3 is 6.18 Å². The Kier molecular flexibility index (Phi) is 2.97. The molecule has 1 N–H and O–H groups in total. The van der Waals surface area contributed by atoms with Crippen molar-refractivity contribution in [3.05, 3.63) is 30.3 Å². The number of nitrogens with one attached hydrogen (secondary N) is 1. The summed E-state index contributed by atoms with van der Waals surface area (Å²) in [6, 6.07) is 5.01. The average Bonchev–Trinajstić information content (AvgIpc) is 3.09. The minimum absolute atomic E-state index is 0.0659. The molecule has 0 saturated carbocycles. The second-order valence-electron chi connectivity index (χ2n) is 4.64. The normalized spacial score (nSPS) is 23.1. The highest BCUT2D eigenvalue weighted by molar-refractivity contribution is 5.47. The van der Waals surface area contributed by atoms with Crippen LogP contribution in [-0.4, -0.2) is 34.4 Å². The molecule has 0 bridgehead atoms. The topological polar surface area (TPSA) is 63.8 Å². The van der Waals surface area contributed by atoms with Gasteiger partial charge in [0, 0.05) is 12.7 Å². The first-order valence-corrected chi connectivity index (χ1v) is 6.06. The Hall–Kier alpha value is -1.96. The van der Waals surface area contributed by atoms with Gasteiger partial charge in [0.25, 0.3) is 0 Å². The predicted molar refractivity (Wildman–Crippen MR) is 62.7 cm³/mol. The lowest BCUT2D eigenvalue weighted by Crippen LogP contribution is -2.44. The van der Waals surface area contributed by atoms with Crippen molar-refractivity contribution in [1.82, 2.24) is 20.4 Å². The Morgan fingerprint density at radius 2 is 2.15 bits per heavy atom. The highest BCUT2D eigenvalue weighted by Crippen LogP contribution is 2.44. The van der Waals surface area contributed by atoms with Gasteiger partial charge in [-0.1, -0.05) is 11.2 Å². The molecule has 0 spiro atoms. The lowest BCUT2D eigenvalue weighted by atomic mass is 9.86. The van der Waals surface area contributed by atoms with Gasteiger partial charge in [0.15, 0.2) is 5.41 Å². The van der Waals surface area contributed by atoms with Crippen LogP contribution < -0.4 is 5.32 Å². The Bertz CT molecular complexity index is 590. The molecule has 106 valence electrons. The van der Waals surface area contributed by atoms with Gasteiger partial charge < -0.3 is 9.84 Å². The molecule has 5 nitrogen and oxygen atoms in total. The van der Waals surface area contributed by atoms with Gasteiger partial charge in [-0.15, -0.1) is 0 Å². The third-order valence-corrected chi connectivity index (χ3v) is 3.43. The van der Waals surface area contributed by atoms with E-state index in [1.807, 2.05) is 0 Å². The van der Waals surface area contributed by atoms with E-state index in [0.29, 0.717) is 5.69 Å². The van der Waals surface area contributed by atoms with Crippen molar-refractivity contribution in [1.29, 1.82) is 0 Å². The maximum atomic E-state index is 13.3. The molecular weight excluding hydrogens is 273 g/mol. The number of alkyl halides is 3. The van der Waals surface area contributed by atoms with Crippen LogP contribution in [-0.2, 0) is 5.41 Å². The van der Waals surface area contributed by atoms with Crippen LogP contribution in [0.3, 0.4) is 0 Å². The van der Waals surface area contributed by atoms with E-state index in [0.717, 1.165) is 0 Å². The summed E-state index contributed by atoms with van der Waals surface area (Å²) in [5.74, 6) is -0.341. The number of pyridine rings is 1. The predicted octanol–water partition coefficient (Wildman–Crippen LogP) is 1.92. The number of aromatic nitrogens is 3. The van der Waals surface area contributed by atoms with Crippen LogP contribution in [0.2, 0.25) is 0 Å². The summed E-state index contributed by atoms with van der Waals surface area (Å²) in [5.41, 5.74) is -1.72. The average molecular weight is 284 g/mol. The SMILES string of the molecule is FC(F)(F)C1(c2nc(-c3ccccn3)no2)CCNC1. The van der Waals surface area contributed by atoms with Crippen LogP contribution in [0, 0.1) is 0 Å². The molecule has 2 aromatic rings. The number of halogens is 3. The van der Waals surface area contributed by atoms with E-state index in [2.05, 4.69) is 20.4 Å². The van der Waals surface area contributed by atoms with Crippen LogP contribution in [0.15, 0.2) is 28.9 Å². The first-order chi connectivity index (χ1) is 9.53. The number of hydrogen-bond donors (Lipinski definition) is 1. The van der Waals surface area contributed by atoms with Crippen molar-refractivity contribution in [3.8, 4) is 11.5 Å². The lowest BCUT2D eigenvalue weighted by Gasteiger charge is -2.26. The number of rotatable bonds is 2. The molecular formula is C12H11F3N4O. The Labute approximate surface area is 112 Å². The van der Waals surface area contributed by atoms with Gasteiger partial charge in [-0.3, -0.25) is 4.98 Å². The van der Waals surface area contributed by atoms with Crippen molar-refractivity contribution in [2.45, 2.75) is 18.0 Å². The molecule has 20 heavy (non-hydrogen) atoms. The highest BCUT2D eigenvalue weighted by Gasteiger charge is 2.61. The molecule has 1 atom stereocenters. The molecule has 1 saturated heterocycles. The molecule has 3 rings (SSSR count). The third kappa shape index (κ3) is 1.96. The van der Waals surface area contributed by atoms with E-state index in [1.54, 1.807) is 18.2 Å². The van der Waals surface area contributed by atoms with E-state index in [1.165, 1.54) is 6.20 Å². The first kappa shape index (κ1) is 13.0. The van der Waals surface area contributed by atoms with Crippen LogP contribution >= 0.6 is 0 Å². The number of nitrogens with zero attached hydrogens (tertiary/aromatic N) is 3. The molecule has 8 heteroatoms. The van der Waals surface area contributed by atoms with Crippen LogP contribution in [0.25, 0.3) is 11.5 Å². The lowest BCUT2D eigenvalue weighted by molar-refractivity contribution is -0.191. The largest absolute Gasteiger partial charge is 0.404 e. The van der Waals surface area contributed by atoms with Gasteiger partial charge in [0.2, 0.25) is 11.7 Å². The van der Waals surface area contributed by atoms with Crippen molar-refractivity contribution in [2.75, 3.05) is 13.1 Å². The summed E-state index contributed by atoms with van der Waals surface area (Å²) in [6.45, 7) is 0.0150. The standard InChI is InChI=1S/C12H11F3N4O/c13-12(14,15)11(4-6-16-7-11)10-18-9(19-20-10)8-3-1-2-5-17-8/h1-3,5,16H,4,6-7H2. The van der Waals surface area contributed by atoms with Crippen LogP contribution in [0.1, 0.15) is 12.3 Å². The summed E-state index contributed by atoms with van der Waals surface area (Å²) in [6.07, 6.45) is -3.03. The fourth-order valence-electron chi connectivity index (χ4n) is 2.25. The first-order valence-electron chi connectivity index (χ1n) is 6.06. The molecule has 2 aromatic heterocycles. The molecule has 0 radical (unpaired) electrons. The van der Waals surface area contributed by atoms with E-state index in [9.17, 15) is 13.2 Å². The second-order valence-corrected chi connectivity index (χ2v) is 4.64. The molecule has 0 aromatic carbocycles. The molecule has 0 aliphatic carbocycles. The van der Waals surface area contributed by atoms with E-state index in [4.69, 9.17) is 4.52 Å². The monoisotopic (exact) mass is 284 g/mol. The molecule has 1 fully saturated rings. The number of hydrogen-bond acceptors (Lipinski definition) is 5. The molecule has 0 amide bonds. The minimum atomic E-state index is -4.44. The van der Waals surface area contributed by atoms with E-state index >= 15 is 0 Å². The Morgan fingerprint density at radius 1 is 1.30 bits per heavy atom. The van der Waals surface area contributed by atoms with Gasteiger partial charge in [-0.25, -0.2) is 0 Å². The van der Waals surface area contributed by atoms with Crippen LogP contribution in [0.4, 0.5) is 13.2 Å². The molecule has 1 aliphatic rings. The molecule has 3 heterocycles. The Morgan fingerprint density at radius 3 is 2.75 bits per heavy atom. The fraction of sp³-hybridized carbons (Fsp3) is 0.417. The molecule has 1 aliphatic heterocycles. The van der Waals surface area contributed by atoms with Gasteiger partial charge in [0.05, 0.1) is 0 Å². The van der Waals surface area contributed by atoms with Gasteiger partial charge in [0.1, 0.15) is 5.69 Å². The molecule has 1 unspecified atom stereocenters. The minimum Gasteiger partial charge on any atom is -0.338 e.